The van der Waals surface area contributed by atoms with Gasteiger partial charge in [-0.1, -0.05) is 30.4 Å². The molecule has 3 aliphatic rings. The zero-order chi connectivity index (χ0) is 17.9. The largest absolute Gasteiger partial charge is 0.392 e. The summed E-state index contributed by atoms with van der Waals surface area (Å²) in [5.74, 6) is 1.22. The quantitative estimate of drug-likeness (QED) is 0.653. The molecule has 1 aliphatic carbocycles. The molecule has 0 aromatic rings. The number of hydrogen-bond acceptors (Lipinski definition) is 3. The Balaban J connectivity index is 1.59. The van der Waals surface area contributed by atoms with Crippen LogP contribution >= 0.6 is 11.8 Å². The third-order valence-corrected chi connectivity index (χ3v) is 6.18. The minimum atomic E-state index is -4.11. The lowest BCUT2D eigenvalue weighted by Crippen LogP contribution is -2.36. The number of alkyl halides is 3. The van der Waals surface area contributed by atoms with Crippen molar-refractivity contribution in [1.82, 2.24) is 10.2 Å². The molecule has 0 aromatic carbocycles. The zero-order valence-corrected chi connectivity index (χ0v) is 15.3. The van der Waals surface area contributed by atoms with Crippen LogP contribution in [0.5, 0.6) is 0 Å². The van der Waals surface area contributed by atoms with Gasteiger partial charge in [-0.3, -0.25) is 0 Å². The van der Waals surface area contributed by atoms with Crippen molar-refractivity contribution in [2.24, 2.45) is 0 Å². The van der Waals surface area contributed by atoms with Crippen LogP contribution in [0.15, 0.2) is 46.7 Å². The van der Waals surface area contributed by atoms with Gasteiger partial charge in [0.25, 0.3) is 0 Å². The first-order valence-corrected chi connectivity index (χ1v) is 9.79. The van der Waals surface area contributed by atoms with Gasteiger partial charge < -0.3 is 10.2 Å². The molecule has 0 radical (unpaired) electrons. The Bertz CT molecular complexity index is 604. The molecule has 2 nitrogen and oxygen atoms in total. The lowest BCUT2D eigenvalue weighted by molar-refractivity contribution is -0.125. The lowest BCUT2D eigenvalue weighted by atomic mass is 10.2. The Morgan fingerprint density at radius 3 is 2.92 bits per heavy atom. The second-order valence-electron chi connectivity index (χ2n) is 6.78. The molecular formula is C19H25F3N2S. The number of nitrogens with one attached hydrogen (secondary N) is 1. The maximum atomic E-state index is 12.2. The van der Waals surface area contributed by atoms with Crippen LogP contribution < -0.4 is 5.32 Å². The van der Waals surface area contributed by atoms with E-state index >= 15 is 0 Å². The summed E-state index contributed by atoms with van der Waals surface area (Å²) < 4.78 is 36.7. The van der Waals surface area contributed by atoms with Gasteiger partial charge in [-0.2, -0.15) is 13.2 Å². The van der Waals surface area contributed by atoms with Crippen molar-refractivity contribution in [2.75, 3.05) is 13.1 Å². The molecule has 0 saturated heterocycles. The predicted molar refractivity (Wildman–Crippen MR) is 98.1 cm³/mol. The molecule has 25 heavy (non-hydrogen) atoms. The summed E-state index contributed by atoms with van der Waals surface area (Å²) in [5.41, 5.74) is 1.48. The van der Waals surface area contributed by atoms with Crippen LogP contribution in [0.3, 0.4) is 0 Å². The van der Waals surface area contributed by atoms with E-state index < -0.39 is 12.6 Å². The van der Waals surface area contributed by atoms with E-state index in [1.807, 2.05) is 11.8 Å². The van der Waals surface area contributed by atoms with E-state index in [9.17, 15) is 13.2 Å². The van der Waals surface area contributed by atoms with Crippen molar-refractivity contribution in [3.8, 4) is 0 Å². The average molecular weight is 370 g/mol. The van der Waals surface area contributed by atoms with Crippen LogP contribution in [0.25, 0.3) is 0 Å². The Morgan fingerprint density at radius 2 is 2.20 bits per heavy atom. The number of rotatable bonds is 6. The van der Waals surface area contributed by atoms with E-state index in [0.29, 0.717) is 11.7 Å². The SMILES string of the molecule is CC(C/C=C\CC(F)(F)F)N1CC(SC2=CC=CCC2)C2=C1NCC2. The maximum Gasteiger partial charge on any atom is 0.392 e. The van der Waals surface area contributed by atoms with Crippen molar-refractivity contribution in [2.45, 2.75) is 56.5 Å². The first kappa shape index (κ1) is 18.5. The van der Waals surface area contributed by atoms with E-state index in [1.165, 1.54) is 22.4 Å². The number of allylic oxidation sites excluding steroid dienone is 5. The standard InChI is InChI=1S/C19H25F3N2S/c1-14(7-5-6-11-19(20,21)22)24-13-17(16-10-12-23-18(16)24)25-15-8-3-2-4-9-15/h2-3,5-6,8,14,17,23H,4,7,9-13H2,1H3/b6-5-. The van der Waals surface area contributed by atoms with E-state index in [0.717, 1.165) is 32.4 Å². The van der Waals surface area contributed by atoms with Crippen molar-refractivity contribution in [1.29, 1.82) is 0 Å². The second-order valence-corrected chi connectivity index (χ2v) is 8.11. The first-order valence-electron chi connectivity index (χ1n) is 8.91. The van der Waals surface area contributed by atoms with E-state index in [-0.39, 0.29) is 6.04 Å². The van der Waals surface area contributed by atoms with Crippen LogP contribution in [0, 0.1) is 0 Å². The second kappa shape index (κ2) is 7.94. The van der Waals surface area contributed by atoms with Gasteiger partial charge in [-0.15, -0.1) is 11.8 Å². The summed E-state index contributed by atoms with van der Waals surface area (Å²) >= 11 is 1.96. The van der Waals surface area contributed by atoms with Crippen molar-refractivity contribution in [3.05, 3.63) is 46.7 Å². The number of hydrogen-bond donors (Lipinski definition) is 1. The Hall–Kier alpha value is -1.30. The van der Waals surface area contributed by atoms with E-state index in [4.69, 9.17) is 0 Å². The minimum absolute atomic E-state index is 0.200. The Kier molecular flexibility index (Phi) is 5.87. The number of nitrogens with zero attached hydrogens (tertiary/aromatic N) is 1. The van der Waals surface area contributed by atoms with Crippen molar-refractivity contribution >= 4 is 11.8 Å². The van der Waals surface area contributed by atoms with Crippen molar-refractivity contribution in [3.63, 3.8) is 0 Å². The molecule has 2 atom stereocenters. The van der Waals surface area contributed by atoms with Crippen LogP contribution in [0.4, 0.5) is 13.2 Å². The summed E-state index contributed by atoms with van der Waals surface area (Å²) in [6.45, 7) is 4.00. The summed E-state index contributed by atoms with van der Waals surface area (Å²) in [4.78, 5) is 3.78. The molecule has 2 heterocycles. The van der Waals surface area contributed by atoms with Crippen LogP contribution in [0.1, 0.15) is 39.0 Å². The van der Waals surface area contributed by atoms with Gasteiger partial charge >= 0.3 is 6.18 Å². The fraction of sp³-hybridized carbons (Fsp3) is 0.579. The Morgan fingerprint density at radius 1 is 1.36 bits per heavy atom. The molecule has 6 heteroatoms. The topological polar surface area (TPSA) is 15.3 Å². The van der Waals surface area contributed by atoms with Gasteiger partial charge in [0, 0.05) is 19.1 Å². The summed E-state index contributed by atoms with van der Waals surface area (Å²) in [6, 6.07) is 0.200. The number of halogens is 3. The smallest absolute Gasteiger partial charge is 0.371 e. The summed E-state index contributed by atoms with van der Waals surface area (Å²) in [7, 11) is 0. The molecule has 0 spiro atoms. The minimum Gasteiger partial charge on any atom is -0.371 e. The third kappa shape index (κ3) is 4.87. The molecule has 1 N–H and O–H groups in total. The highest BCUT2D eigenvalue weighted by Crippen LogP contribution is 2.41. The Labute approximate surface area is 151 Å². The molecule has 2 unspecified atom stereocenters. The van der Waals surface area contributed by atoms with E-state index in [1.54, 1.807) is 6.08 Å². The summed E-state index contributed by atoms with van der Waals surface area (Å²) in [6.07, 6.45) is 8.44. The highest BCUT2D eigenvalue weighted by molar-refractivity contribution is 8.03. The average Bonchev–Trinajstić information content (AvgIpc) is 3.15. The highest BCUT2D eigenvalue weighted by atomic mass is 32.2. The molecule has 0 amide bonds. The monoisotopic (exact) mass is 370 g/mol. The van der Waals surface area contributed by atoms with Gasteiger partial charge in [0.15, 0.2) is 0 Å². The van der Waals surface area contributed by atoms with Crippen LogP contribution in [-0.4, -0.2) is 35.5 Å². The molecule has 0 bridgehead atoms. The van der Waals surface area contributed by atoms with Gasteiger partial charge in [-0.05, 0) is 43.1 Å². The number of thioether (sulfide) groups is 1. The van der Waals surface area contributed by atoms with Gasteiger partial charge in [0.1, 0.15) is 5.82 Å². The highest BCUT2D eigenvalue weighted by Gasteiger charge is 2.36. The molecule has 3 rings (SSSR count). The molecule has 138 valence electrons. The van der Waals surface area contributed by atoms with Crippen LogP contribution in [-0.2, 0) is 0 Å². The fourth-order valence-electron chi connectivity index (χ4n) is 3.53. The molecule has 0 aromatic heterocycles. The van der Waals surface area contributed by atoms with E-state index in [2.05, 4.69) is 35.4 Å². The normalized spacial score (nSPS) is 24.7. The van der Waals surface area contributed by atoms with Crippen molar-refractivity contribution < 1.29 is 13.2 Å². The van der Waals surface area contributed by atoms with Gasteiger partial charge in [0.2, 0.25) is 0 Å². The molecule has 2 aliphatic heterocycles. The lowest BCUT2D eigenvalue weighted by Gasteiger charge is -2.29. The molecule has 0 fully saturated rings. The molecule has 0 saturated carbocycles. The third-order valence-electron chi connectivity index (χ3n) is 4.82. The summed E-state index contributed by atoms with van der Waals surface area (Å²) in [5, 5.41) is 3.95. The first-order chi connectivity index (χ1) is 11.9. The fourth-order valence-corrected chi connectivity index (χ4v) is 4.90. The zero-order valence-electron chi connectivity index (χ0n) is 14.5. The predicted octanol–water partition coefficient (Wildman–Crippen LogP) is 5.13. The molecular weight excluding hydrogens is 345 g/mol. The van der Waals surface area contributed by atoms with Gasteiger partial charge in [0.05, 0.1) is 11.7 Å². The maximum absolute atomic E-state index is 12.2. The van der Waals surface area contributed by atoms with Crippen LogP contribution in [0.2, 0.25) is 0 Å². The van der Waals surface area contributed by atoms with Gasteiger partial charge in [-0.25, -0.2) is 0 Å².